The summed E-state index contributed by atoms with van der Waals surface area (Å²) in [5, 5.41) is 10.6. The number of carbonyl (C=O) groups is 2. The predicted molar refractivity (Wildman–Crippen MR) is 147 cm³/mol. The molecule has 3 aromatic rings. The van der Waals surface area contributed by atoms with Crippen molar-refractivity contribution in [3.8, 4) is 11.1 Å². The first-order valence-electron chi connectivity index (χ1n) is 13.0. The lowest BCUT2D eigenvalue weighted by atomic mass is 9.91. The van der Waals surface area contributed by atoms with Crippen molar-refractivity contribution < 1.29 is 14.7 Å². The summed E-state index contributed by atoms with van der Waals surface area (Å²) in [6, 6.07) is 6.69. The van der Waals surface area contributed by atoms with Gasteiger partial charge >= 0.3 is 0 Å². The Morgan fingerprint density at radius 2 is 1.95 bits per heavy atom. The summed E-state index contributed by atoms with van der Waals surface area (Å²) in [7, 11) is 2.09. The Morgan fingerprint density at radius 3 is 2.68 bits per heavy atom. The van der Waals surface area contributed by atoms with Crippen molar-refractivity contribution in [2.45, 2.75) is 57.7 Å². The van der Waals surface area contributed by atoms with Gasteiger partial charge in [-0.05, 0) is 62.6 Å². The number of thiophene rings is 1. The van der Waals surface area contributed by atoms with E-state index in [0.29, 0.717) is 25.4 Å². The summed E-state index contributed by atoms with van der Waals surface area (Å²) in [5.74, 6) is -0.205. The summed E-state index contributed by atoms with van der Waals surface area (Å²) in [4.78, 5) is 36.3. The number of likely N-dealkylation sites (tertiary alicyclic amines) is 2. The lowest BCUT2D eigenvalue weighted by molar-refractivity contribution is -0.138. The molecule has 6 rings (SSSR count). The van der Waals surface area contributed by atoms with Gasteiger partial charge in [0, 0.05) is 70.9 Å². The largest absolute Gasteiger partial charge is 0.395 e. The quantitative estimate of drug-likeness (QED) is 0.485. The monoisotopic (exact) mass is 538 g/mol. The van der Waals surface area contributed by atoms with Gasteiger partial charge in [0.1, 0.15) is 0 Å². The minimum atomic E-state index is -0.103. The molecule has 0 unspecified atom stereocenters. The molecular weight excluding hydrogens is 508 g/mol. The van der Waals surface area contributed by atoms with Gasteiger partial charge in [0.2, 0.25) is 11.8 Å². The van der Waals surface area contributed by atoms with Gasteiger partial charge in [0.25, 0.3) is 0 Å². The number of benzene rings is 1. The summed E-state index contributed by atoms with van der Waals surface area (Å²) in [5.41, 5.74) is 6.68. The van der Waals surface area contributed by atoms with E-state index < -0.39 is 0 Å². The zero-order valence-corrected chi connectivity index (χ0v) is 22.7. The van der Waals surface area contributed by atoms with Crippen LogP contribution >= 0.6 is 22.9 Å². The highest BCUT2D eigenvalue weighted by Crippen LogP contribution is 2.46. The van der Waals surface area contributed by atoms with Crippen LogP contribution in [0.1, 0.15) is 41.7 Å². The second-order valence-corrected chi connectivity index (χ2v) is 12.1. The molecule has 2 saturated heterocycles. The highest BCUT2D eigenvalue weighted by atomic mass is 35.5. The zero-order chi connectivity index (χ0) is 25.8. The molecular formula is C28H31ClN4O3S. The third kappa shape index (κ3) is 4.34. The Kier molecular flexibility index (Phi) is 6.47. The average Bonchev–Trinajstić information content (AvgIpc) is 3.55. The lowest BCUT2D eigenvalue weighted by Crippen LogP contribution is -2.41. The minimum Gasteiger partial charge on any atom is -0.395 e. The van der Waals surface area contributed by atoms with Crippen LogP contribution in [-0.4, -0.2) is 70.5 Å². The second-order valence-electron chi connectivity index (χ2n) is 10.5. The van der Waals surface area contributed by atoms with Crippen molar-refractivity contribution in [2.24, 2.45) is 0 Å². The summed E-state index contributed by atoms with van der Waals surface area (Å²) < 4.78 is 1.06. The van der Waals surface area contributed by atoms with Crippen molar-refractivity contribution in [2.75, 3.05) is 31.6 Å². The van der Waals surface area contributed by atoms with E-state index in [1.165, 1.54) is 16.2 Å². The van der Waals surface area contributed by atoms with E-state index in [-0.39, 0.29) is 24.5 Å². The SMILES string of the molecule is Cc1cnc2cc(CN3C(=O)CCC3=O)sc2c1-c1cc(Cl)cc2c1N([C@H]1C[C@@H](CO)N(C)C1)CCC2. The molecule has 0 bridgehead atoms. The molecule has 9 heteroatoms. The van der Waals surface area contributed by atoms with Crippen LogP contribution in [-0.2, 0) is 22.6 Å². The first-order valence-corrected chi connectivity index (χ1v) is 14.1. The first kappa shape index (κ1) is 24.8. The summed E-state index contributed by atoms with van der Waals surface area (Å²) >= 11 is 8.32. The van der Waals surface area contributed by atoms with Crippen LogP contribution in [0.2, 0.25) is 5.02 Å². The normalized spacial score (nSPS) is 22.5. The molecule has 3 aliphatic heterocycles. The molecule has 5 heterocycles. The van der Waals surface area contributed by atoms with E-state index in [1.807, 2.05) is 12.3 Å². The van der Waals surface area contributed by atoms with Crippen LogP contribution in [0.5, 0.6) is 0 Å². The number of aliphatic hydroxyl groups excluding tert-OH is 1. The highest BCUT2D eigenvalue weighted by molar-refractivity contribution is 7.19. The van der Waals surface area contributed by atoms with Crippen LogP contribution in [0.15, 0.2) is 24.4 Å². The van der Waals surface area contributed by atoms with Gasteiger partial charge in [-0.1, -0.05) is 11.6 Å². The number of rotatable bonds is 5. The van der Waals surface area contributed by atoms with Crippen LogP contribution in [0, 0.1) is 6.92 Å². The molecule has 3 aliphatic rings. The van der Waals surface area contributed by atoms with Gasteiger partial charge in [-0.25, -0.2) is 0 Å². The molecule has 2 amide bonds. The third-order valence-corrected chi connectivity index (χ3v) is 9.47. The fourth-order valence-corrected chi connectivity index (χ4v) is 7.72. The maximum atomic E-state index is 12.2. The van der Waals surface area contributed by atoms with Crippen LogP contribution in [0.4, 0.5) is 5.69 Å². The van der Waals surface area contributed by atoms with E-state index in [4.69, 9.17) is 16.6 Å². The number of nitrogens with zero attached hydrogens (tertiary/aromatic N) is 4. The molecule has 7 nitrogen and oxygen atoms in total. The number of aromatic nitrogens is 1. The lowest BCUT2D eigenvalue weighted by Gasteiger charge is -2.38. The number of fused-ring (bicyclic) bond motifs is 2. The molecule has 2 aromatic heterocycles. The maximum absolute atomic E-state index is 12.2. The molecule has 1 aromatic carbocycles. The van der Waals surface area contributed by atoms with Gasteiger partial charge in [0.15, 0.2) is 0 Å². The molecule has 0 radical (unpaired) electrons. The standard InChI is InChI=1S/C28H31ClN4O3S/c1-16-12-30-23-11-21(14-33-24(35)5-6-25(33)36)37-28(23)26(16)22-9-18(29)8-17-4-3-7-32(27(17)22)19-10-20(15-34)31(2)13-19/h8-9,11-12,19-20,34H,3-7,10,13-15H2,1-2H3/t19-,20-/m0/s1. The van der Waals surface area contributed by atoms with Gasteiger partial charge in [-0.2, -0.15) is 0 Å². The topological polar surface area (TPSA) is 77.0 Å². The van der Waals surface area contributed by atoms with Gasteiger partial charge in [-0.15, -0.1) is 11.3 Å². The Labute approximate surface area is 225 Å². The highest BCUT2D eigenvalue weighted by Gasteiger charge is 2.36. The summed E-state index contributed by atoms with van der Waals surface area (Å²) in [6.07, 6.45) is 5.48. The van der Waals surface area contributed by atoms with Gasteiger partial charge in [-0.3, -0.25) is 24.4 Å². The average molecular weight is 539 g/mol. The molecule has 37 heavy (non-hydrogen) atoms. The molecule has 194 valence electrons. The number of amides is 2. The van der Waals surface area contributed by atoms with Crippen molar-refractivity contribution in [1.82, 2.24) is 14.8 Å². The fourth-order valence-electron chi connectivity index (χ4n) is 6.27. The zero-order valence-electron chi connectivity index (χ0n) is 21.2. The van der Waals surface area contributed by atoms with Crippen LogP contribution in [0.3, 0.4) is 0 Å². The van der Waals surface area contributed by atoms with Crippen molar-refractivity contribution in [3.63, 3.8) is 0 Å². The van der Waals surface area contributed by atoms with Crippen LogP contribution < -0.4 is 4.90 Å². The number of carbonyl (C=O) groups excluding carboxylic acids is 2. The van der Waals surface area contributed by atoms with E-state index in [2.05, 4.69) is 35.9 Å². The van der Waals surface area contributed by atoms with E-state index in [9.17, 15) is 14.7 Å². The maximum Gasteiger partial charge on any atom is 0.230 e. The van der Waals surface area contributed by atoms with E-state index in [0.717, 1.165) is 69.2 Å². The van der Waals surface area contributed by atoms with Gasteiger partial charge < -0.3 is 10.0 Å². The van der Waals surface area contributed by atoms with Crippen molar-refractivity contribution in [1.29, 1.82) is 0 Å². The Morgan fingerprint density at radius 1 is 1.16 bits per heavy atom. The third-order valence-electron chi connectivity index (χ3n) is 8.12. The van der Waals surface area contributed by atoms with E-state index in [1.54, 1.807) is 11.3 Å². The van der Waals surface area contributed by atoms with Crippen molar-refractivity contribution in [3.05, 3.63) is 45.4 Å². The Hall–Kier alpha value is -2.52. The fraction of sp³-hybridized carbons (Fsp3) is 0.464. The first-order chi connectivity index (χ1) is 17.8. The van der Waals surface area contributed by atoms with Gasteiger partial charge in [0.05, 0.1) is 23.4 Å². The molecule has 1 N–H and O–H groups in total. The number of hydrogen-bond acceptors (Lipinski definition) is 7. The molecule has 0 saturated carbocycles. The number of hydrogen-bond donors (Lipinski definition) is 1. The van der Waals surface area contributed by atoms with E-state index >= 15 is 0 Å². The second kappa shape index (κ2) is 9.66. The minimum absolute atomic E-state index is 0.103. The Bertz CT molecular complexity index is 1390. The van der Waals surface area contributed by atoms with Crippen LogP contribution in [0.25, 0.3) is 21.3 Å². The smallest absolute Gasteiger partial charge is 0.230 e. The summed E-state index contributed by atoms with van der Waals surface area (Å²) in [6.45, 7) is 4.44. The number of halogens is 1. The molecule has 0 spiro atoms. The van der Waals surface area contributed by atoms with Crippen molar-refractivity contribution >= 4 is 50.7 Å². The molecule has 2 fully saturated rings. The molecule has 0 aliphatic carbocycles. The number of anilines is 1. The number of pyridine rings is 1. The number of imide groups is 1. The molecule has 2 atom stereocenters. The number of aryl methyl sites for hydroxylation is 2. The number of likely N-dealkylation sites (N-methyl/N-ethyl adjacent to an activating group) is 1. The number of aliphatic hydroxyl groups is 1. The Balaban J connectivity index is 1.46. The predicted octanol–water partition coefficient (Wildman–Crippen LogP) is 4.39.